The summed E-state index contributed by atoms with van der Waals surface area (Å²) < 4.78 is 0. The van der Waals surface area contributed by atoms with Crippen molar-refractivity contribution in [2.24, 2.45) is 5.92 Å². The molecule has 0 aromatic heterocycles. The molecule has 44 valence electrons. The highest BCUT2D eigenvalue weighted by Crippen LogP contribution is 2.16. The summed E-state index contributed by atoms with van der Waals surface area (Å²) in [5.74, 6) is -0.356. The fourth-order valence-corrected chi connectivity index (χ4v) is 0.877. The lowest BCUT2D eigenvalue weighted by Crippen LogP contribution is -2.09. The average molecular weight is 112 g/mol. The Bertz CT molecular complexity index is 137. The van der Waals surface area contributed by atoms with Gasteiger partial charge in [0.15, 0.2) is 5.78 Å². The predicted octanol–water partition coefficient (Wildman–Crippen LogP) is 0.554. The molecule has 0 radical (unpaired) electrons. The zero-order chi connectivity index (χ0) is 6.15. The van der Waals surface area contributed by atoms with Gasteiger partial charge in [-0.3, -0.25) is 9.59 Å². The van der Waals surface area contributed by atoms with Gasteiger partial charge in [0, 0.05) is 12.3 Å². The molecule has 0 saturated heterocycles. The van der Waals surface area contributed by atoms with E-state index in [0.717, 1.165) is 6.42 Å². The van der Waals surface area contributed by atoms with E-state index >= 15 is 0 Å². The van der Waals surface area contributed by atoms with Gasteiger partial charge in [0.2, 0.25) is 5.78 Å². The summed E-state index contributed by atoms with van der Waals surface area (Å²) >= 11 is 0. The van der Waals surface area contributed by atoms with Crippen molar-refractivity contribution in [2.45, 2.75) is 19.8 Å². The van der Waals surface area contributed by atoms with Crippen LogP contribution in [0.15, 0.2) is 0 Å². The fraction of sp³-hybridized carbons (Fsp3) is 0.667. The highest BCUT2D eigenvalue weighted by Gasteiger charge is 2.27. The van der Waals surface area contributed by atoms with Crippen LogP contribution < -0.4 is 0 Å². The Morgan fingerprint density at radius 2 is 2.12 bits per heavy atom. The number of Topliss-reactive ketones (excluding diaryl/α,β-unsaturated/α-hetero) is 2. The molecule has 1 fully saturated rings. The average Bonchev–Trinajstić information content (AvgIpc) is 1.98. The van der Waals surface area contributed by atoms with Crippen LogP contribution in [0.5, 0.6) is 0 Å². The molecule has 0 spiro atoms. The lowest BCUT2D eigenvalue weighted by atomic mass is 10.1. The van der Waals surface area contributed by atoms with Crippen LogP contribution >= 0.6 is 0 Å². The SMILES string of the molecule is C[C@H]1CCC(=O)C1=O. The molecule has 0 bridgehead atoms. The highest BCUT2D eigenvalue weighted by molar-refractivity contribution is 6.39. The molecular weight excluding hydrogens is 104 g/mol. The van der Waals surface area contributed by atoms with E-state index < -0.39 is 0 Å². The number of carbonyl (C=O) groups is 2. The molecule has 2 heteroatoms. The van der Waals surface area contributed by atoms with E-state index in [2.05, 4.69) is 0 Å². The van der Waals surface area contributed by atoms with E-state index in [0.29, 0.717) is 6.42 Å². The molecule has 1 aliphatic rings. The van der Waals surface area contributed by atoms with E-state index in [1.165, 1.54) is 0 Å². The van der Waals surface area contributed by atoms with Crippen molar-refractivity contribution in [3.05, 3.63) is 0 Å². The third kappa shape index (κ3) is 0.661. The first kappa shape index (κ1) is 5.48. The third-order valence-corrected chi connectivity index (χ3v) is 1.53. The lowest BCUT2D eigenvalue weighted by Gasteiger charge is -1.89. The molecule has 1 aliphatic carbocycles. The lowest BCUT2D eigenvalue weighted by molar-refractivity contribution is -0.135. The van der Waals surface area contributed by atoms with Crippen LogP contribution in [0.1, 0.15) is 19.8 Å². The van der Waals surface area contributed by atoms with Crippen molar-refractivity contribution < 1.29 is 9.59 Å². The van der Waals surface area contributed by atoms with Crippen molar-refractivity contribution in [1.82, 2.24) is 0 Å². The van der Waals surface area contributed by atoms with Crippen LogP contribution in [0, 0.1) is 5.92 Å². The van der Waals surface area contributed by atoms with Gasteiger partial charge >= 0.3 is 0 Å². The number of hydrogen-bond acceptors (Lipinski definition) is 2. The Hall–Kier alpha value is -0.660. The van der Waals surface area contributed by atoms with Gasteiger partial charge in [-0.2, -0.15) is 0 Å². The molecule has 2 nitrogen and oxygen atoms in total. The standard InChI is InChI=1S/C6H8O2/c1-4-2-3-5(7)6(4)8/h4H,2-3H2,1H3/t4-/m0/s1. The summed E-state index contributed by atoms with van der Waals surface area (Å²) in [4.78, 5) is 21.0. The maximum absolute atomic E-state index is 10.6. The van der Waals surface area contributed by atoms with Gasteiger partial charge in [-0.1, -0.05) is 6.92 Å². The van der Waals surface area contributed by atoms with E-state index in [4.69, 9.17) is 0 Å². The van der Waals surface area contributed by atoms with E-state index in [1.807, 2.05) is 0 Å². The summed E-state index contributed by atoms with van der Waals surface area (Å²) in [6.45, 7) is 1.80. The van der Waals surface area contributed by atoms with E-state index in [9.17, 15) is 9.59 Å². The number of carbonyl (C=O) groups excluding carboxylic acids is 2. The Morgan fingerprint density at radius 1 is 1.50 bits per heavy atom. The second kappa shape index (κ2) is 1.69. The number of rotatable bonds is 0. The van der Waals surface area contributed by atoms with Gasteiger partial charge < -0.3 is 0 Å². The molecule has 8 heavy (non-hydrogen) atoms. The van der Waals surface area contributed by atoms with Crippen molar-refractivity contribution >= 4 is 11.6 Å². The monoisotopic (exact) mass is 112 g/mol. The first-order valence-corrected chi connectivity index (χ1v) is 2.79. The van der Waals surface area contributed by atoms with E-state index in [-0.39, 0.29) is 17.5 Å². The zero-order valence-electron chi connectivity index (χ0n) is 4.81. The molecule has 0 heterocycles. The Balaban J connectivity index is 2.71. The number of ketones is 2. The number of hydrogen-bond donors (Lipinski definition) is 0. The Kier molecular flexibility index (Phi) is 1.16. The molecule has 0 unspecified atom stereocenters. The van der Waals surface area contributed by atoms with Crippen molar-refractivity contribution in [1.29, 1.82) is 0 Å². The van der Waals surface area contributed by atoms with Crippen LogP contribution in [0.2, 0.25) is 0 Å². The summed E-state index contributed by atoms with van der Waals surface area (Å²) in [6, 6.07) is 0. The normalized spacial score (nSPS) is 29.4. The molecular formula is C6H8O2. The van der Waals surface area contributed by atoms with Gasteiger partial charge in [-0.05, 0) is 6.42 Å². The topological polar surface area (TPSA) is 34.1 Å². The molecule has 0 aromatic rings. The van der Waals surface area contributed by atoms with Gasteiger partial charge in [0.1, 0.15) is 0 Å². The van der Waals surface area contributed by atoms with Gasteiger partial charge in [-0.15, -0.1) is 0 Å². The first-order valence-electron chi connectivity index (χ1n) is 2.79. The van der Waals surface area contributed by atoms with Crippen LogP contribution in [0.25, 0.3) is 0 Å². The van der Waals surface area contributed by atoms with Crippen molar-refractivity contribution in [3.63, 3.8) is 0 Å². The first-order chi connectivity index (χ1) is 3.72. The van der Waals surface area contributed by atoms with Gasteiger partial charge in [0.25, 0.3) is 0 Å². The summed E-state index contributed by atoms with van der Waals surface area (Å²) in [7, 11) is 0. The van der Waals surface area contributed by atoms with Gasteiger partial charge in [0.05, 0.1) is 0 Å². The van der Waals surface area contributed by atoms with Crippen molar-refractivity contribution in [3.8, 4) is 0 Å². The van der Waals surface area contributed by atoms with Crippen LogP contribution in [-0.2, 0) is 9.59 Å². The molecule has 0 amide bonds. The molecule has 1 atom stereocenters. The predicted molar refractivity (Wildman–Crippen MR) is 28.4 cm³/mol. The van der Waals surface area contributed by atoms with E-state index in [1.54, 1.807) is 6.92 Å². The highest BCUT2D eigenvalue weighted by atomic mass is 16.2. The minimum absolute atomic E-state index is 0.00231. The minimum Gasteiger partial charge on any atom is -0.291 e. The smallest absolute Gasteiger partial charge is 0.201 e. The summed E-state index contributed by atoms with van der Waals surface area (Å²) in [6.07, 6.45) is 1.23. The molecule has 1 rings (SSSR count). The van der Waals surface area contributed by atoms with Crippen molar-refractivity contribution in [2.75, 3.05) is 0 Å². The largest absolute Gasteiger partial charge is 0.291 e. The molecule has 0 aromatic carbocycles. The second-order valence-electron chi connectivity index (χ2n) is 2.23. The molecule has 0 N–H and O–H groups in total. The summed E-state index contributed by atoms with van der Waals surface area (Å²) in [5, 5.41) is 0. The Morgan fingerprint density at radius 3 is 2.25 bits per heavy atom. The van der Waals surface area contributed by atoms with Crippen LogP contribution in [0.4, 0.5) is 0 Å². The zero-order valence-corrected chi connectivity index (χ0v) is 4.81. The maximum atomic E-state index is 10.6. The minimum atomic E-state index is -0.183. The maximum Gasteiger partial charge on any atom is 0.201 e. The third-order valence-electron chi connectivity index (χ3n) is 1.53. The fourth-order valence-electron chi connectivity index (χ4n) is 0.877. The second-order valence-corrected chi connectivity index (χ2v) is 2.23. The van der Waals surface area contributed by atoms with Gasteiger partial charge in [-0.25, -0.2) is 0 Å². The molecule has 0 aliphatic heterocycles. The quantitative estimate of drug-likeness (QED) is 0.429. The Labute approximate surface area is 47.9 Å². The van der Waals surface area contributed by atoms with Crippen LogP contribution in [-0.4, -0.2) is 11.6 Å². The van der Waals surface area contributed by atoms with Crippen LogP contribution in [0.3, 0.4) is 0 Å². The summed E-state index contributed by atoms with van der Waals surface area (Å²) in [5.41, 5.74) is 0. The molecule has 1 saturated carbocycles.